The maximum atomic E-state index is 9.70. The van der Waals surface area contributed by atoms with Crippen molar-refractivity contribution in [2.45, 2.75) is 5.92 Å². The number of rotatable bonds is 3. The van der Waals surface area contributed by atoms with Gasteiger partial charge < -0.3 is 10.5 Å². The molecule has 2 aromatic carbocycles. The van der Waals surface area contributed by atoms with Crippen LogP contribution in [0.5, 0.6) is 0 Å². The molecule has 0 amide bonds. The summed E-state index contributed by atoms with van der Waals surface area (Å²) in [6.07, 6.45) is 3.56. The van der Waals surface area contributed by atoms with E-state index in [4.69, 9.17) is 10.5 Å². The van der Waals surface area contributed by atoms with Crippen LogP contribution in [-0.4, -0.2) is 0 Å². The SMILES string of the molecule is N#CC1=C(N)OC(/C=C/c2ccccc2)=C(C#N)[C@@H]1c1ccccc1. The zero-order valence-electron chi connectivity index (χ0n) is 13.4. The van der Waals surface area contributed by atoms with Gasteiger partial charge in [-0.3, -0.25) is 0 Å². The summed E-state index contributed by atoms with van der Waals surface area (Å²) in [5.74, 6) is -0.139. The third kappa shape index (κ3) is 3.29. The Morgan fingerprint density at radius 1 is 0.840 bits per heavy atom. The first-order valence-corrected chi connectivity index (χ1v) is 7.74. The quantitative estimate of drug-likeness (QED) is 0.925. The van der Waals surface area contributed by atoms with Crippen LogP contribution in [0.25, 0.3) is 6.08 Å². The third-order valence-corrected chi connectivity index (χ3v) is 3.93. The molecule has 2 N–H and O–H groups in total. The lowest BCUT2D eigenvalue weighted by Crippen LogP contribution is -2.19. The Labute approximate surface area is 146 Å². The summed E-state index contributed by atoms with van der Waals surface area (Å²) in [6.45, 7) is 0. The van der Waals surface area contributed by atoms with Crippen molar-refractivity contribution in [2.24, 2.45) is 5.73 Å². The molecule has 25 heavy (non-hydrogen) atoms. The Morgan fingerprint density at radius 3 is 2.04 bits per heavy atom. The van der Waals surface area contributed by atoms with Crippen LogP contribution < -0.4 is 5.73 Å². The van der Waals surface area contributed by atoms with Crippen molar-refractivity contribution in [3.05, 3.63) is 101 Å². The fraction of sp³-hybridized carbons (Fsp3) is 0.0476. The van der Waals surface area contributed by atoms with E-state index in [2.05, 4.69) is 12.1 Å². The molecule has 0 unspecified atom stereocenters. The molecule has 4 nitrogen and oxygen atoms in total. The van der Waals surface area contributed by atoms with Crippen molar-refractivity contribution < 1.29 is 4.74 Å². The molecule has 0 aromatic heterocycles. The molecule has 1 aliphatic heterocycles. The van der Waals surface area contributed by atoms with Crippen molar-refractivity contribution in [3.63, 3.8) is 0 Å². The van der Waals surface area contributed by atoms with E-state index in [0.717, 1.165) is 11.1 Å². The first kappa shape index (κ1) is 16.1. The highest BCUT2D eigenvalue weighted by molar-refractivity contribution is 5.59. The lowest BCUT2D eigenvalue weighted by atomic mass is 9.83. The molecule has 1 heterocycles. The molecule has 3 rings (SSSR count). The van der Waals surface area contributed by atoms with Crippen LogP contribution in [0, 0.1) is 22.7 Å². The zero-order chi connectivity index (χ0) is 17.6. The van der Waals surface area contributed by atoms with Crippen molar-refractivity contribution in [2.75, 3.05) is 0 Å². The van der Waals surface area contributed by atoms with Crippen molar-refractivity contribution in [1.82, 2.24) is 0 Å². The minimum atomic E-state index is -0.527. The fourth-order valence-corrected chi connectivity index (χ4v) is 2.74. The molecule has 2 aromatic rings. The summed E-state index contributed by atoms with van der Waals surface area (Å²) >= 11 is 0. The van der Waals surface area contributed by atoms with Crippen molar-refractivity contribution in [1.29, 1.82) is 10.5 Å². The minimum Gasteiger partial charge on any atom is -0.439 e. The van der Waals surface area contributed by atoms with E-state index in [9.17, 15) is 10.5 Å². The second-order valence-electron chi connectivity index (χ2n) is 5.47. The van der Waals surface area contributed by atoms with E-state index >= 15 is 0 Å². The highest BCUT2D eigenvalue weighted by Gasteiger charge is 2.32. The Balaban J connectivity index is 2.08. The van der Waals surface area contributed by atoms with Crippen LogP contribution in [0.2, 0.25) is 0 Å². The maximum absolute atomic E-state index is 9.70. The summed E-state index contributed by atoms with van der Waals surface area (Å²) in [4.78, 5) is 0. The van der Waals surface area contributed by atoms with Crippen molar-refractivity contribution >= 4 is 6.08 Å². The molecule has 1 atom stereocenters. The van der Waals surface area contributed by atoms with Gasteiger partial charge in [-0.1, -0.05) is 66.7 Å². The highest BCUT2D eigenvalue weighted by Crippen LogP contribution is 2.39. The average Bonchev–Trinajstić information content (AvgIpc) is 2.67. The molecule has 4 heteroatoms. The van der Waals surface area contributed by atoms with Crippen molar-refractivity contribution in [3.8, 4) is 12.1 Å². The first-order chi connectivity index (χ1) is 12.2. The zero-order valence-corrected chi connectivity index (χ0v) is 13.4. The highest BCUT2D eigenvalue weighted by atomic mass is 16.5. The van der Waals surface area contributed by atoms with E-state index in [1.165, 1.54) is 0 Å². The molecule has 0 fully saturated rings. The van der Waals surface area contributed by atoms with E-state index in [-0.39, 0.29) is 11.5 Å². The van der Waals surface area contributed by atoms with Crippen LogP contribution in [-0.2, 0) is 4.74 Å². The predicted octanol–water partition coefficient (Wildman–Crippen LogP) is 3.99. The summed E-state index contributed by atoms with van der Waals surface area (Å²) < 4.78 is 5.57. The van der Waals surface area contributed by atoms with Crippen LogP contribution in [0.15, 0.2) is 89.5 Å². The monoisotopic (exact) mass is 325 g/mol. The Morgan fingerprint density at radius 2 is 1.44 bits per heavy atom. The van der Waals surface area contributed by atoms with E-state index in [1.807, 2.05) is 66.7 Å². The predicted molar refractivity (Wildman–Crippen MR) is 95.2 cm³/mol. The number of hydrogen-bond acceptors (Lipinski definition) is 4. The summed E-state index contributed by atoms with van der Waals surface area (Å²) in [7, 11) is 0. The topological polar surface area (TPSA) is 82.8 Å². The smallest absolute Gasteiger partial charge is 0.205 e. The molecule has 0 radical (unpaired) electrons. The normalized spacial score (nSPS) is 17.1. The molecule has 0 saturated heterocycles. The Bertz CT molecular complexity index is 942. The van der Waals surface area contributed by atoms with Crippen LogP contribution in [0.4, 0.5) is 0 Å². The first-order valence-electron chi connectivity index (χ1n) is 7.74. The summed E-state index contributed by atoms with van der Waals surface area (Å²) in [5, 5.41) is 19.2. The number of nitrogens with zero attached hydrogens (tertiary/aromatic N) is 2. The summed E-state index contributed by atoms with van der Waals surface area (Å²) in [5.41, 5.74) is 8.36. The van der Waals surface area contributed by atoms with Gasteiger partial charge in [-0.25, -0.2) is 0 Å². The van der Waals surface area contributed by atoms with Gasteiger partial charge in [-0.15, -0.1) is 0 Å². The lowest BCUT2D eigenvalue weighted by molar-refractivity contribution is 0.296. The van der Waals surface area contributed by atoms with Gasteiger partial charge in [0, 0.05) is 0 Å². The molecular formula is C21H15N3O. The van der Waals surface area contributed by atoms with Gasteiger partial charge in [-0.2, -0.15) is 10.5 Å². The number of nitriles is 2. The van der Waals surface area contributed by atoms with Gasteiger partial charge in [0.2, 0.25) is 5.88 Å². The molecule has 0 aliphatic carbocycles. The lowest BCUT2D eigenvalue weighted by Gasteiger charge is -2.24. The second kappa shape index (κ2) is 7.21. The molecule has 0 spiro atoms. The molecule has 120 valence electrons. The number of ether oxygens (including phenoxy) is 1. The minimum absolute atomic E-state index is 0.0306. The summed E-state index contributed by atoms with van der Waals surface area (Å²) in [6, 6.07) is 23.3. The Kier molecular flexibility index (Phi) is 4.65. The van der Waals surface area contributed by atoms with Crippen LogP contribution in [0.3, 0.4) is 0 Å². The number of hydrogen-bond donors (Lipinski definition) is 1. The van der Waals surface area contributed by atoms with Crippen LogP contribution in [0.1, 0.15) is 17.0 Å². The number of nitrogens with two attached hydrogens (primary N) is 1. The fourth-order valence-electron chi connectivity index (χ4n) is 2.74. The van der Waals surface area contributed by atoms with Gasteiger partial charge in [-0.05, 0) is 17.2 Å². The van der Waals surface area contributed by atoms with Gasteiger partial charge in [0.1, 0.15) is 17.4 Å². The second-order valence-corrected chi connectivity index (χ2v) is 5.47. The van der Waals surface area contributed by atoms with Gasteiger partial charge in [0.05, 0.1) is 17.6 Å². The number of benzene rings is 2. The molecule has 1 aliphatic rings. The van der Waals surface area contributed by atoms with E-state index in [0.29, 0.717) is 11.3 Å². The average molecular weight is 325 g/mol. The molecule has 0 bridgehead atoms. The maximum Gasteiger partial charge on any atom is 0.205 e. The largest absolute Gasteiger partial charge is 0.439 e. The third-order valence-electron chi connectivity index (χ3n) is 3.93. The Hall–Kier alpha value is -3.76. The molecular weight excluding hydrogens is 310 g/mol. The van der Waals surface area contributed by atoms with Gasteiger partial charge in [0.25, 0.3) is 0 Å². The standard InChI is InChI=1S/C21H15N3O/c22-13-17-19(12-11-15-7-3-1-4-8-15)25-21(24)18(14-23)20(17)16-9-5-2-6-10-16/h1-12,20H,24H2/b12-11+/t20-/m0/s1. The van der Waals surface area contributed by atoms with E-state index in [1.54, 1.807) is 6.08 Å². The van der Waals surface area contributed by atoms with Crippen LogP contribution >= 0.6 is 0 Å². The number of allylic oxidation sites excluding steroid dienone is 3. The van der Waals surface area contributed by atoms with E-state index < -0.39 is 5.92 Å². The molecule has 0 saturated carbocycles. The van der Waals surface area contributed by atoms with Gasteiger partial charge in [0.15, 0.2) is 0 Å². The van der Waals surface area contributed by atoms with Gasteiger partial charge >= 0.3 is 0 Å².